The minimum absolute atomic E-state index is 0.0241. The molecule has 2 aliphatic heterocycles. The first kappa shape index (κ1) is 16.0. The van der Waals surface area contributed by atoms with Crippen LogP contribution in [0.3, 0.4) is 0 Å². The topological polar surface area (TPSA) is 49.4 Å². The largest absolute Gasteiger partial charge is 0.323 e. The van der Waals surface area contributed by atoms with E-state index in [4.69, 9.17) is 0 Å². The molecule has 5 heteroatoms. The van der Waals surface area contributed by atoms with Gasteiger partial charge in [-0.2, -0.15) is 0 Å². The summed E-state index contributed by atoms with van der Waals surface area (Å²) in [6, 6.07) is 0.266. The summed E-state index contributed by atoms with van der Waals surface area (Å²) in [5, 5.41) is 3.55. The molecule has 3 atom stereocenters. The van der Waals surface area contributed by atoms with E-state index >= 15 is 0 Å². The fraction of sp³-hybridized carbons (Fsp3) is 0.933. The number of nitrogens with one attached hydrogen (secondary N) is 1. The average molecular weight is 300 g/mol. The van der Waals surface area contributed by atoms with Crippen LogP contribution in [0.5, 0.6) is 0 Å². The van der Waals surface area contributed by atoms with Gasteiger partial charge in [0.05, 0.1) is 12.2 Å². The van der Waals surface area contributed by atoms with Crippen molar-refractivity contribution in [2.24, 2.45) is 5.92 Å². The van der Waals surface area contributed by atoms with Gasteiger partial charge in [0.1, 0.15) is 0 Å². The molecule has 0 bridgehead atoms. The maximum atomic E-state index is 12.8. The maximum Gasteiger partial charge on any atom is 0.241 e. The molecule has 0 aromatic rings. The van der Waals surface area contributed by atoms with Gasteiger partial charge in [-0.25, -0.2) is 0 Å². The van der Waals surface area contributed by atoms with E-state index in [0.29, 0.717) is 12.0 Å². The van der Waals surface area contributed by atoms with Gasteiger partial charge < -0.3 is 4.90 Å². The number of hydrogen-bond acceptors (Lipinski definition) is 3. The Morgan fingerprint density at radius 3 is 2.55 bits per heavy atom. The van der Waals surface area contributed by atoms with Crippen molar-refractivity contribution in [2.75, 3.05) is 11.5 Å². The third-order valence-corrected chi connectivity index (χ3v) is 6.14. The van der Waals surface area contributed by atoms with E-state index in [2.05, 4.69) is 31.0 Å². The standard InChI is InChI=1S/C15H28N2O2S/c1-4-6-13-16-14(11(3)5-2)15(18)17(13)12-7-9-20(19)10-8-12/h11-14,16H,4-10H2,1-3H3. The Morgan fingerprint density at radius 2 is 2.00 bits per heavy atom. The van der Waals surface area contributed by atoms with Gasteiger partial charge in [0.2, 0.25) is 5.91 Å². The first-order chi connectivity index (χ1) is 9.58. The van der Waals surface area contributed by atoms with Crippen LogP contribution in [0, 0.1) is 5.92 Å². The fourth-order valence-corrected chi connectivity index (χ4v) is 4.58. The van der Waals surface area contributed by atoms with E-state index in [1.807, 2.05) is 0 Å². The second-order valence-corrected chi connectivity index (χ2v) is 7.86. The number of carbonyl (C=O) groups excluding carboxylic acids is 1. The van der Waals surface area contributed by atoms with Crippen LogP contribution in [-0.2, 0) is 15.6 Å². The molecule has 4 nitrogen and oxygen atoms in total. The highest BCUT2D eigenvalue weighted by Gasteiger charge is 2.44. The number of carbonyl (C=O) groups is 1. The lowest BCUT2D eigenvalue weighted by Crippen LogP contribution is -2.47. The predicted molar refractivity (Wildman–Crippen MR) is 82.8 cm³/mol. The quantitative estimate of drug-likeness (QED) is 0.843. The molecule has 0 spiro atoms. The third kappa shape index (κ3) is 3.25. The summed E-state index contributed by atoms with van der Waals surface area (Å²) < 4.78 is 11.5. The van der Waals surface area contributed by atoms with Gasteiger partial charge in [-0.3, -0.25) is 14.3 Å². The minimum atomic E-state index is -0.665. The lowest BCUT2D eigenvalue weighted by molar-refractivity contribution is -0.133. The molecule has 0 radical (unpaired) electrons. The molecular weight excluding hydrogens is 272 g/mol. The van der Waals surface area contributed by atoms with E-state index in [0.717, 1.165) is 43.6 Å². The fourth-order valence-electron chi connectivity index (χ4n) is 3.31. The van der Waals surface area contributed by atoms with Gasteiger partial charge in [-0.15, -0.1) is 0 Å². The summed E-state index contributed by atoms with van der Waals surface area (Å²) >= 11 is 0. The van der Waals surface area contributed by atoms with Crippen LogP contribution < -0.4 is 5.32 Å². The van der Waals surface area contributed by atoms with Crippen LogP contribution in [0.4, 0.5) is 0 Å². The van der Waals surface area contributed by atoms with Crippen molar-refractivity contribution in [3.05, 3.63) is 0 Å². The lowest BCUT2D eigenvalue weighted by atomic mass is 9.99. The highest BCUT2D eigenvalue weighted by molar-refractivity contribution is 7.85. The molecule has 2 rings (SSSR count). The maximum absolute atomic E-state index is 12.8. The summed E-state index contributed by atoms with van der Waals surface area (Å²) in [6.45, 7) is 6.45. The van der Waals surface area contributed by atoms with Gasteiger partial charge in [-0.05, 0) is 25.2 Å². The summed E-state index contributed by atoms with van der Waals surface area (Å²) in [5.41, 5.74) is 0. The van der Waals surface area contributed by atoms with Gasteiger partial charge in [0, 0.05) is 28.3 Å². The van der Waals surface area contributed by atoms with Crippen molar-refractivity contribution in [1.29, 1.82) is 0 Å². The zero-order valence-electron chi connectivity index (χ0n) is 12.9. The molecule has 0 aliphatic carbocycles. The van der Waals surface area contributed by atoms with Crippen molar-refractivity contribution in [3.8, 4) is 0 Å². The Morgan fingerprint density at radius 1 is 1.35 bits per heavy atom. The van der Waals surface area contributed by atoms with E-state index in [9.17, 15) is 9.00 Å². The Balaban J connectivity index is 2.10. The smallest absolute Gasteiger partial charge is 0.241 e. The second-order valence-electron chi connectivity index (χ2n) is 6.16. The molecule has 0 aromatic heterocycles. The van der Waals surface area contributed by atoms with Crippen LogP contribution in [-0.4, -0.2) is 44.8 Å². The molecule has 0 saturated carbocycles. The first-order valence-corrected chi connectivity index (χ1v) is 9.50. The molecule has 3 unspecified atom stereocenters. The first-order valence-electron chi connectivity index (χ1n) is 8.01. The van der Waals surface area contributed by atoms with Crippen LogP contribution in [0.25, 0.3) is 0 Å². The molecule has 1 amide bonds. The zero-order valence-corrected chi connectivity index (χ0v) is 13.7. The summed E-state index contributed by atoms with van der Waals surface area (Å²) in [6.07, 6.45) is 5.08. The molecule has 2 fully saturated rings. The molecular formula is C15H28N2O2S. The van der Waals surface area contributed by atoms with Crippen molar-refractivity contribution >= 4 is 16.7 Å². The SMILES string of the molecule is CCCC1NC(C(C)CC)C(=O)N1C1CCS(=O)CC1. The van der Waals surface area contributed by atoms with E-state index in [-0.39, 0.29) is 18.1 Å². The third-order valence-electron chi connectivity index (χ3n) is 4.75. The molecule has 116 valence electrons. The van der Waals surface area contributed by atoms with Crippen molar-refractivity contribution < 1.29 is 9.00 Å². The number of nitrogens with zero attached hydrogens (tertiary/aromatic N) is 1. The minimum Gasteiger partial charge on any atom is -0.323 e. The van der Waals surface area contributed by atoms with Crippen LogP contribution in [0.2, 0.25) is 0 Å². The van der Waals surface area contributed by atoms with Crippen molar-refractivity contribution in [3.63, 3.8) is 0 Å². The second kappa shape index (κ2) is 7.03. The van der Waals surface area contributed by atoms with Gasteiger partial charge in [0.25, 0.3) is 0 Å². The number of hydrogen-bond donors (Lipinski definition) is 1. The zero-order chi connectivity index (χ0) is 14.7. The number of amides is 1. The Kier molecular flexibility index (Phi) is 5.61. The monoisotopic (exact) mass is 300 g/mol. The summed E-state index contributed by atoms with van der Waals surface area (Å²) in [4.78, 5) is 14.9. The number of rotatable bonds is 5. The Bertz CT molecular complexity index is 365. The van der Waals surface area contributed by atoms with Crippen LogP contribution in [0.15, 0.2) is 0 Å². The van der Waals surface area contributed by atoms with Gasteiger partial charge >= 0.3 is 0 Å². The molecule has 0 aromatic carbocycles. The van der Waals surface area contributed by atoms with E-state index < -0.39 is 10.8 Å². The Labute approximate surface area is 125 Å². The van der Waals surface area contributed by atoms with Crippen LogP contribution >= 0.6 is 0 Å². The highest BCUT2D eigenvalue weighted by Crippen LogP contribution is 2.28. The van der Waals surface area contributed by atoms with E-state index in [1.165, 1.54) is 0 Å². The van der Waals surface area contributed by atoms with Crippen molar-refractivity contribution in [2.45, 2.75) is 71.1 Å². The van der Waals surface area contributed by atoms with E-state index in [1.54, 1.807) is 0 Å². The van der Waals surface area contributed by atoms with Crippen molar-refractivity contribution in [1.82, 2.24) is 10.2 Å². The molecule has 2 heterocycles. The lowest BCUT2D eigenvalue weighted by Gasteiger charge is -2.35. The summed E-state index contributed by atoms with van der Waals surface area (Å²) in [7, 11) is -0.665. The van der Waals surface area contributed by atoms with Crippen LogP contribution in [0.1, 0.15) is 52.9 Å². The average Bonchev–Trinajstić information content (AvgIpc) is 2.76. The molecule has 2 saturated heterocycles. The van der Waals surface area contributed by atoms with Gasteiger partial charge in [0.15, 0.2) is 0 Å². The summed E-state index contributed by atoms with van der Waals surface area (Å²) in [5.74, 6) is 2.16. The highest BCUT2D eigenvalue weighted by atomic mass is 32.2. The molecule has 20 heavy (non-hydrogen) atoms. The van der Waals surface area contributed by atoms with Gasteiger partial charge in [-0.1, -0.05) is 33.6 Å². The predicted octanol–water partition coefficient (Wildman–Crippen LogP) is 1.87. The normalized spacial score (nSPS) is 36.4. The molecule has 2 aliphatic rings. The Hall–Kier alpha value is -0.420. The molecule has 1 N–H and O–H groups in total.